The highest BCUT2D eigenvalue weighted by molar-refractivity contribution is 5.87. The maximum absolute atomic E-state index is 12.2. The molecular weight excluding hydrogens is 224 g/mol. The van der Waals surface area contributed by atoms with Crippen molar-refractivity contribution >= 4 is 18.3 Å². The van der Waals surface area contributed by atoms with Crippen LogP contribution in [0.5, 0.6) is 0 Å². The Balaban J connectivity index is 0.00000128. The molecule has 0 spiro atoms. The molecule has 1 amide bonds. The molecule has 2 fully saturated rings. The van der Waals surface area contributed by atoms with Crippen molar-refractivity contribution in [2.45, 2.75) is 51.0 Å². The molecule has 2 rings (SSSR count). The molecule has 0 unspecified atom stereocenters. The van der Waals surface area contributed by atoms with E-state index in [1.54, 1.807) is 0 Å². The summed E-state index contributed by atoms with van der Waals surface area (Å²) in [7, 11) is 0. The fourth-order valence-electron chi connectivity index (χ4n) is 2.24. The van der Waals surface area contributed by atoms with Crippen LogP contribution in [0.25, 0.3) is 0 Å². The van der Waals surface area contributed by atoms with Gasteiger partial charge in [0, 0.05) is 13.1 Å². The third-order valence-corrected chi connectivity index (χ3v) is 3.63. The van der Waals surface area contributed by atoms with E-state index in [-0.39, 0.29) is 18.3 Å². The molecule has 0 heterocycles. The van der Waals surface area contributed by atoms with E-state index in [0.717, 1.165) is 44.7 Å². The van der Waals surface area contributed by atoms with Crippen molar-refractivity contribution in [3.8, 4) is 0 Å². The van der Waals surface area contributed by atoms with Gasteiger partial charge in [0.15, 0.2) is 0 Å². The quantitative estimate of drug-likeness (QED) is 0.806. The molecule has 0 aromatic carbocycles. The highest BCUT2D eigenvalue weighted by atomic mass is 35.5. The number of hydrogen-bond donors (Lipinski definition) is 1. The second kappa shape index (κ2) is 5.37. The maximum atomic E-state index is 12.2. The van der Waals surface area contributed by atoms with Crippen LogP contribution in [0.1, 0.15) is 45.4 Å². The van der Waals surface area contributed by atoms with Gasteiger partial charge in [-0.05, 0) is 44.4 Å². The van der Waals surface area contributed by atoms with Crippen LogP contribution in [-0.4, -0.2) is 29.4 Å². The number of hydrogen-bond acceptors (Lipinski definition) is 2. The molecule has 0 radical (unpaired) electrons. The maximum Gasteiger partial charge on any atom is 0.242 e. The molecule has 3 nitrogen and oxygen atoms in total. The van der Waals surface area contributed by atoms with E-state index in [1.807, 2.05) is 4.90 Å². The molecule has 0 aromatic heterocycles. The first-order valence-electron chi connectivity index (χ1n) is 6.24. The Hall–Kier alpha value is -0.280. The Morgan fingerprint density at radius 2 is 2.06 bits per heavy atom. The summed E-state index contributed by atoms with van der Waals surface area (Å²) in [5.74, 6) is 0.978. The zero-order valence-electron chi connectivity index (χ0n) is 10.1. The van der Waals surface area contributed by atoms with Crippen LogP contribution in [0, 0.1) is 5.92 Å². The highest BCUT2D eigenvalue weighted by Crippen LogP contribution is 2.34. The lowest BCUT2D eigenvalue weighted by molar-refractivity contribution is -0.140. The molecule has 94 valence electrons. The van der Waals surface area contributed by atoms with Crippen molar-refractivity contribution in [3.05, 3.63) is 0 Å². The molecular formula is C12H23ClN2O. The Bertz CT molecular complexity index is 249. The van der Waals surface area contributed by atoms with Gasteiger partial charge in [0.25, 0.3) is 0 Å². The zero-order valence-corrected chi connectivity index (χ0v) is 10.9. The summed E-state index contributed by atoms with van der Waals surface area (Å²) in [6, 6.07) is 0. The molecule has 0 atom stereocenters. The van der Waals surface area contributed by atoms with Crippen LogP contribution in [0.3, 0.4) is 0 Å². The predicted molar refractivity (Wildman–Crippen MR) is 67.6 cm³/mol. The fourth-order valence-corrected chi connectivity index (χ4v) is 2.24. The smallest absolute Gasteiger partial charge is 0.242 e. The van der Waals surface area contributed by atoms with E-state index in [9.17, 15) is 4.79 Å². The predicted octanol–water partition coefficient (Wildman–Crippen LogP) is 1.94. The van der Waals surface area contributed by atoms with Gasteiger partial charge >= 0.3 is 0 Å². The molecule has 2 aliphatic rings. The Morgan fingerprint density at radius 1 is 1.44 bits per heavy atom. The minimum atomic E-state index is -0.496. The lowest BCUT2D eigenvalue weighted by Gasteiger charge is -2.40. The molecule has 0 aromatic rings. The van der Waals surface area contributed by atoms with Crippen molar-refractivity contribution in [2.24, 2.45) is 11.7 Å². The minimum Gasteiger partial charge on any atom is -0.341 e. The van der Waals surface area contributed by atoms with Crippen LogP contribution in [0.15, 0.2) is 0 Å². The second-order valence-electron chi connectivity index (χ2n) is 5.20. The molecule has 16 heavy (non-hydrogen) atoms. The van der Waals surface area contributed by atoms with Gasteiger partial charge in [-0.2, -0.15) is 0 Å². The van der Waals surface area contributed by atoms with Crippen molar-refractivity contribution in [2.75, 3.05) is 13.1 Å². The summed E-state index contributed by atoms with van der Waals surface area (Å²) >= 11 is 0. The summed E-state index contributed by atoms with van der Waals surface area (Å²) in [5, 5.41) is 0. The van der Waals surface area contributed by atoms with Crippen molar-refractivity contribution in [1.82, 2.24) is 4.90 Å². The first-order chi connectivity index (χ1) is 7.15. The number of nitrogens with two attached hydrogens (primary N) is 1. The topological polar surface area (TPSA) is 46.3 Å². The summed E-state index contributed by atoms with van der Waals surface area (Å²) in [4.78, 5) is 14.2. The Kier molecular flexibility index (Phi) is 4.62. The molecule has 2 N–H and O–H groups in total. The Morgan fingerprint density at radius 3 is 2.44 bits per heavy atom. The number of rotatable bonds is 5. The van der Waals surface area contributed by atoms with Gasteiger partial charge < -0.3 is 10.6 Å². The van der Waals surface area contributed by atoms with Gasteiger partial charge in [0.2, 0.25) is 5.91 Å². The number of nitrogens with zero attached hydrogens (tertiary/aromatic N) is 1. The number of carbonyl (C=O) groups excluding carboxylic acids is 1. The van der Waals surface area contributed by atoms with E-state index in [0.29, 0.717) is 0 Å². The lowest BCUT2D eigenvalue weighted by atomic mass is 9.76. The van der Waals surface area contributed by atoms with Gasteiger partial charge in [0.05, 0.1) is 5.54 Å². The van der Waals surface area contributed by atoms with Crippen molar-refractivity contribution in [3.63, 3.8) is 0 Å². The largest absolute Gasteiger partial charge is 0.341 e. The molecule has 0 aliphatic heterocycles. The second-order valence-corrected chi connectivity index (χ2v) is 5.20. The van der Waals surface area contributed by atoms with E-state index in [4.69, 9.17) is 5.73 Å². The van der Waals surface area contributed by atoms with Crippen LogP contribution < -0.4 is 5.73 Å². The van der Waals surface area contributed by atoms with E-state index < -0.39 is 5.54 Å². The molecule has 0 saturated heterocycles. The first kappa shape index (κ1) is 13.8. The van der Waals surface area contributed by atoms with Gasteiger partial charge in [0.1, 0.15) is 0 Å². The van der Waals surface area contributed by atoms with Crippen molar-refractivity contribution < 1.29 is 4.79 Å². The molecule has 0 bridgehead atoms. The third kappa shape index (κ3) is 2.89. The van der Waals surface area contributed by atoms with Crippen molar-refractivity contribution in [1.29, 1.82) is 0 Å². The summed E-state index contributed by atoms with van der Waals surface area (Å²) in [6.07, 6.45) is 6.52. The lowest BCUT2D eigenvalue weighted by Crippen LogP contribution is -2.59. The van der Waals surface area contributed by atoms with Gasteiger partial charge in [-0.25, -0.2) is 0 Å². The average molecular weight is 247 g/mol. The first-order valence-corrected chi connectivity index (χ1v) is 6.24. The molecule has 4 heteroatoms. The van der Waals surface area contributed by atoms with Gasteiger partial charge in [-0.15, -0.1) is 12.4 Å². The third-order valence-electron chi connectivity index (χ3n) is 3.63. The molecule has 2 aliphatic carbocycles. The minimum absolute atomic E-state index is 0. The van der Waals surface area contributed by atoms with E-state index in [1.165, 1.54) is 12.8 Å². The average Bonchev–Trinajstić information content (AvgIpc) is 2.96. The van der Waals surface area contributed by atoms with Crippen LogP contribution >= 0.6 is 12.4 Å². The number of carbonyl (C=O) groups is 1. The summed E-state index contributed by atoms with van der Waals surface area (Å²) in [5.41, 5.74) is 5.59. The highest BCUT2D eigenvalue weighted by Gasteiger charge is 2.43. The summed E-state index contributed by atoms with van der Waals surface area (Å²) < 4.78 is 0. The van der Waals surface area contributed by atoms with Crippen LogP contribution in [-0.2, 0) is 4.79 Å². The monoisotopic (exact) mass is 246 g/mol. The van der Waals surface area contributed by atoms with Gasteiger partial charge in [-0.1, -0.05) is 6.92 Å². The number of halogens is 1. The van der Waals surface area contributed by atoms with E-state index >= 15 is 0 Å². The Labute approximate surface area is 104 Å². The van der Waals surface area contributed by atoms with Crippen LogP contribution in [0.4, 0.5) is 0 Å². The molecule has 2 saturated carbocycles. The van der Waals surface area contributed by atoms with Gasteiger partial charge in [-0.3, -0.25) is 4.79 Å². The standard InChI is InChI=1S/C12H22N2O.ClH/c1-2-8-14(9-10-4-5-10)11(15)12(13)6-3-7-12;/h10H,2-9,13H2,1H3;1H. The number of amides is 1. The zero-order chi connectivity index (χ0) is 10.9. The fraction of sp³-hybridized carbons (Fsp3) is 0.917. The van der Waals surface area contributed by atoms with E-state index in [2.05, 4.69) is 6.92 Å². The normalized spacial score (nSPS) is 21.9. The van der Waals surface area contributed by atoms with Crippen LogP contribution in [0.2, 0.25) is 0 Å². The SMILES string of the molecule is CCCN(CC1CC1)C(=O)C1(N)CCC1.Cl. The summed E-state index contributed by atoms with van der Waals surface area (Å²) in [6.45, 7) is 3.96.